The Morgan fingerprint density at radius 1 is 1.47 bits per heavy atom. The number of rotatable bonds is 6. The highest BCUT2D eigenvalue weighted by Crippen LogP contribution is 2.17. The van der Waals surface area contributed by atoms with E-state index >= 15 is 0 Å². The molecular weight excluding hydrogens is 214 g/mol. The fourth-order valence-electron chi connectivity index (χ4n) is 2.15. The first-order valence-electron chi connectivity index (χ1n) is 6.37. The fraction of sp³-hybridized carbons (Fsp3) is 0.571. The maximum Gasteiger partial charge on any atom is 0.133 e. The van der Waals surface area contributed by atoms with Crippen molar-refractivity contribution in [1.82, 2.24) is 4.98 Å². The van der Waals surface area contributed by atoms with Gasteiger partial charge in [-0.05, 0) is 37.3 Å². The van der Waals surface area contributed by atoms with Crippen LogP contribution in [-0.2, 0) is 16.0 Å². The smallest absolute Gasteiger partial charge is 0.133 e. The molecule has 17 heavy (non-hydrogen) atoms. The van der Waals surface area contributed by atoms with E-state index in [9.17, 15) is 4.79 Å². The number of aromatic nitrogens is 1. The van der Waals surface area contributed by atoms with Crippen LogP contribution >= 0.6 is 0 Å². The first-order chi connectivity index (χ1) is 8.34. The highest BCUT2D eigenvalue weighted by molar-refractivity contribution is 5.78. The van der Waals surface area contributed by atoms with Gasteiger partial charge in [0.1, 0.15) is 5.78 Å². The summed E-state index contributed by atoms with van der Waals surface area (Å²) in [7, 11) is 0. The van der Waals surface area contributed by atoms with Crippen molar-refractivity contribution in [2.45, 2.75) is 44.6 Å². The minimum Gasteiger partial charge on any atom is -0.378 e. The van der Waals surface area contributed by atoms with Crippen molar-refractivity contribution in [2.24, 2.45) is 0 Å². The van der Waals surface area contributed by atoms with E-state index in [1.165, 1.54) is 0 Å². The van der Waals surface area contributed by atoms with Gasteiger partial charge >= 0.3 is 0 Å². The summed E-state index contributed by atoms with van der Waals surface area (Å²) in [6.45, 7) is 0.870. The van der Waals surface area contributed by atoms with Gasteiger partial charge in [0.15, 0.2) is 0 Å². The number of carbonyl (C=O) groups excluding carboxylic acids is 1. The van der Waals surface area contributed by atoms with E-state index in [0.29, 0.717) is 24.7 Å². The Bertz CT molecular complexity index is 344. The van der Waals surface area contributed by atoms with Crippen LogP contribution in [-0.4, -0.2) is 23.5 Å². The van der Waals surface area contributed by atoms with Gasteiger partial charge in [-0.2, -0.15) is 0 Å². The molecule has 0 spiro atoms. The van der Waals surface area contributed by atoms with Crippen molar-refractivity contribution >= 4 is 5.78 Å². The maximum absolute atomic E-state index is 11.7. The minimum absolute atomic E-state index is 0.331. The van der Waals surface area contributed by atoms with Gasteiger partial charge in [0.25, 0.3) is 0 Å². The molecule has 2 heterocycles. The fourth-order valence-corrected chi connectivity index (χ4v) is 2.15. The number of carbonyl (C=O) groups is 1. The molecule has 3 nitrogen and oxygen atoms in total. The number of nitrogens with zero attached hydrogens (tertiary/aromatic N) is 1. The molecule has 1 unspecified atom stereocenters. The standard InChI is InChI=1S/C14H19NO2/c16-13(7-8-14-4-2-10-17-14)6-5-12-3-1-9-15-11-12/h1,3,9,11,14H,2,4-8,10H2. The van der Waals surface area contributed by atoms with Gasteiger partial charge in [-0.25, -0.2) is 0 Å². The Morgan fingerprint density at radius 3 is 3.12 bits per heavy atom. The summed E-state index contributed by atoms with van der Waals surface area (Å²) in [6, 6.07) is 3.92. The summed E-state index contributed by atoms with van der Waals surface area (Å²) < 4.78 is 5.50. The number of pyridine rings is 1. The lowest BCUT2D eigenvalue weighted by molar-refractivity contribution is -0.119. The van der Waals surface area contributed by atoms with Crippen molar-refractivity contribution in [3.8, 4) is 0 Å². The van der Waals surface area contributed by atoms with Crippen LogP contribution in [0.5, 0.6) is 0 Å². The maximum atomic E-state index is 11.7. The van der Waals surface area contributed by atoms with Crippen molar-refractivity contribution in [2.75, 3.05) is 6.61 Å². The van der Waals surface area contributed by atoms with Crippen molar-refractivity contribution in [3.05, 3.63) is 30.1 Å². The lowest BCUT2D eigenvalue weighted by atomic mass is 10.0. The van der Waals surface area contributed by atoms with E-state index in [4.69, 9.17) is 4.74 Å². The van der Waals surface area contributed by atoms with E-state index in [0.717, 1.165) is 37.9 Å². The third kappa shape index (κ3) is 4.27. The second-order valence-corrected chi connectivity index (χ2v) is 4.57. The molecule has 1 aromatic heterocycles. The lowest BCUT2D eigenvalue weighted by Gasteiger charge is -2.07. The highest BCUT2D eigenvalue weighted by Gasteiger charge is 2.16. The molecule has 0 bridgehead atoms. The van der Waals surface area contributed by atoms with E-state index in [2.05, 4.69) is 4.98 Å². The van der Waals surface area contributed by atoms with Crippen LogP contribution in [0, 0.1) is 0 Å². The molecule has 92 valence electrons. The normalized spacial score (nSPS) is 19.4. The van der Waals surface area contributed by atoms with Gasteiger partial charge in [0.2, 0.25) is 0 Å². The zero-order valence-corrected chi connectivity index (χ0v) is 10.1. The Hall–Kier alpha value is -1.22. The molecule has 0 aromatic carbocycles. The summed E-state index contributed by atoms with van der Waals surface area (Å²) in [4.78, 5) is 15.7. The van der Waals surface area contributed by atoms with Gasteiger partial charge in [0, 0.05) is 31.8 Å². The topological polar surface area (TPSA) is 39.2 Å². The SMILES string of the molecule is O=C(CCc1cccnc1)CCC1CCCO1. The van der Waals surface area contributed by atoms with Crippen LogP contribution in [0.15, 0.2) is 24.5 Å². The summed E-state index contributed by atoms with van der Waals surface area (Å²) in [5.74, 6) is 0.337. The summed E-state index contributed by atoms with van der Waals surface area (Å²) in [5.41, 5.74) is 1.14. The van der Waals surface area contributed by atoms with Crippen LogP contribution < -0.4 is 0 Å². The molecule has 1 fully saturated rings. The van der Waals surface area contributed by atoms with Gasteiger partial charge in [0.05, 0.1) is 6.10 Å². The summed E-state index contributed by atoms with van der Waals surface area (Å²) >= 11 is 0. The van der Waals surface area contributed by atoms with Crippen LogP contribution in [0.4, 0.5) is 0 Å². The van der Waals surface area contributed by atoms with Crippen LogP contribution in [0.25, 0.3) is 0 Å². The monoisotopic (exact) mass is 233 g/mol. The van der Waals surface area contributed by atoms with Crippen molar-refractivity contribution < 1.29 is 9.53 Å². The van der Waals surface area contributed by atoms with E-state index < -0.39 is 0 Å². The summed E-state index contributed by atoms with van der Waals surface area (Å²) in [5, 5.41) is 0. The molecule has 0 aliphatic carbocycles. The number of ether oxygens (including phenoxy) is 1. The van der Waals surface area contributed by atoms with E-state index in [1.807, 2.05) is 18.3 Å². The third-order valence-corrected chi connectivity index (χ3v) is 3.18. The van der Waals surface area contributed by atoms with Crippen molar-refractivity contribution in [3.63, 3.8) is 0 Å². The molecule has 0 amide bonds. The molecule has 1 aliphatic rings. The molecule has 1 aliphatic heterocycles. The quantitative estimate of drug-likeness (QED) is 0.758. The Morgan fingerprint density at radius 2 is 2.41 bits per heavy atom. The predicted octanol–water partition coefficient (Wildman–Crippen LogP) is 2.54. The molecule has 2 rings (SSSR count). The second-order valence-electron chi connectivity index (χ2n) is 4.57. The Kier molecular flexibility index (Phi) is 4.68. The molecule has 1 atom stereocenters. The average Bonchev–Trinajstić information content (AvgIpc) is 2.88. The number of ketones is 1. The number of hydrogen-bond donors (Lipinski definition) is 0. The lowest BCUT2D eigenvalue weighted by Crippen LogP contribution is -2.09. The minimum atomic E-state index is 0.331. The van der Waals surface area contributed by atoms with Gasteiger partial charge in [-0.3, -0.25) is 9.78 Å². The Balaban J connectivity index is 1.64. The number of aryl methyl sites for hydroxylation is 1. The predicted molar refractivity (Wildman–Crippen MR) is 65.8 cm³/mol. The largest absolute Gasteiger partial charge is 0.378 e. The molecule has 0 saturated carbocycles. The van der Waals surface area contributed by atoms with Gasteiger partial charge in [-0.1, -0.05) is 6.07 Å². The zero-order chi connectivity index (χ0) is 11.9. The average molecular weight is 233 g/mol. The third-order valence-electron chi connectivity index (χ3n) is 3.18. The molecule has 1 saturated heterocycles. The molecular formula is C14H19NO2. The molecule has 0 N–H and O–H groups in total. The number of Topliss-reactive ketones (excluding diaryl/α,β-unsaturated/α-hetero) is 1. The summed E-state index contributed by atoms with van der Waals surface area (Å²) in [6.07, 6.45) is 9.16. The highest BCUT2D eigenvalue weighted by atomic mass is 16.5. The van der Waals surface area contributed by atoms with Gasteiger partial charge < -0.3 is 4.74 Å². The van der Waals surface area contributed by atoms with E-state index in [1.54, 1.807) is 6.20 Å². The Labute approximate surface area is 102 Å². The molecule has 3 heteroatoms. The van der Waals surface area contributed by atoms with Crippen molar-refractivity contribution in [1.29, 1.82) is 0 Å². The first-order valence-corrected chi connectivity index (χ1v) is 6.37. The molecule has 1 aromatic rings. The second kappa shape index (κ2) is 6.50. The zero-order valence-electron chi connectivity index (χ0n) is 10.1. The molecule has 0 radical (unpaired) electrons. The first kappa shape index (κ1) is 12.2. The van der Waals surface area contributed by atoms with Gasteiger partial charge in [-0.15, -0.1) is 0 Å². The van der Waals surface area contributed by atoms with E-state index in [-0.39, 0.29) is 0 Å². The van der Waals surface area contributed by atoms with Crippen LogP contribution in [0.2, 0.25) is 0 Å². The van der Waals surface area contributed by atoms with Crippen LogP contribution in [0.1, 0.15) is 37.7 Å². The van der Waals surface area contributed by atoms with Crippen LogP contribution in [0.3, 0.4) is 0 Å². The number of hydrogen-bond acceptors (Lipinski definition) is 3.